The average molecular weight is 278 g/mol. The Labute approximate surface area is 115 Å². The van der Waals surface area contributed by atoms with Crippen LogP contribution < -0.4 is 4.90 Å². The largest absolute Gasteiger partial charge is 0.382 e. The van der Waals surface area contributed by atoms with Crippen molar-refractivity contribution in [3.63, 3.8) is 0 Å². The molecule has 1 heterocycles. The van der Waals surface area contributed by atoms with Crippen molar-refractivity contribution < 1.29 is 28.6 Å². The Morgan fingerprint density at radius 3 is 1.89 bits per heavy atom. The predicted molar refractivity (Wildman–Crippen MR) is 70.7 cm³/mol. The molecule has 0 unspecified atom stereocenters. The maximum Gasteiger partial charge on any atom is 0.101 e. The van der Waals surface area contributed by atoms with Crippen LogP contribution in [0.1, 0.15) is 0 Å². The fourth-order valence-electron chi connectivity index (χ4n) is 1.81. The molecular weight excluding hydrogens is 250 g/mol. The zero-order chi connectivity index (χ0) is 13.6. The zero-order valence-corrected chi connectivity index (χ0v) is 12.0. The molecule has 1 aliphatic heterocycles. The summed E-state index contributed by atoms with van der Waals surface area (Å²) in [6, 6.07) is 0. The van der Waals surface area contributed by atoms with Crippen LogP contribution in [-0.2, 0) is 23.7 Å². The van der Waals surface area contributed by atoms with Gasteiger partial charge in [0.05, 0.1) is 59.5 Å². The van der Waals surface area contributed by atoms with Gasteiger partial charge in [0.2, 0.25) is 0 Å². The number of quaternary nitrogens is 1. The van der Waals surface area contributed by atoms with Crippen LogP contribution >= 0.6 is 0 Å². The molecule has 0 amide bonds. The Balaban J connectivity index is 1.71. The summed E-state index contributed by atoms with van der Waals surface area (Å²) >= 11 is 0. The lowest BCUT2D eigenvalue weighted by Crippen LogP contribution is -3.14. The molecule has 0 spiro atoms. The van der Waals surface area contributed by atoms with Crippen molar-refractivity contribution in [1.82, 2.24) is 0 Å². The first-order chi connectivity index (χ1) is 9.43. The van der Waals surface area contributed by atoms with E-state index in [-0.39, 0.29) is 0 Å². The molecule has 19 heavy (non-hydrogen) atoms. The van der Waals surface area contributed by atoms with E-state index in [2.05, 4.69) is 0 Å². The van der Waals surface area contributed by atoms with Crippen molar-refractivity contribution in [3.8, 4) is 0 Å². The Hall–Kier alpha value is -0.240. The SMILES string of the molecule is COCCOCCOCCOCC[NH+]1CCOCC1. The predicted octanol–water partition coefficient (Wildman–Crippen LogP) is -1.40. The number of rotatable bonds is 12. The Bertz CT molecular complexity index is 188. The fraction of sp³-hybridized carbons (Fsp3) is 1.00. The van der Waals surface area contributed by atoms with Gasteiger partial charge in [0.25, 0.3) is 0 Å². The first-order valence-electron chi connectivity index (χ1n) is 7.07. The molecule has 114 valence electrons. The highest BCUT2D eigenvalue weighted by atomic mass is 16.6. The van der Waals surface area contributed by atoms with Crippen molar-refractivity contribution in [2.75, 3.05) is 86.2 Å². The summed E-state index contributed by atoms with van der Waals surface area (Å²) in [5.74, 6) is 0. The quantitative estimate of drug-likeness (QED) is 0.445. The third-order valence-electron chi connectivity index (χ3n) is 2.98. The molecule has 1 saturated heterocycles. The molecule has 0 radical (unpaired) electrons. The van der Waals surface area contributed by atoms with Crippen molar-refractivity contribution in [2.45, 2.75) is 0 Å². The molecule has 0 saturated carbocycles. The minimum atomic E-state index is 0.612. The zero-order valence-electron chi connectivity index (χ0n) is 12.0. The highest BCUT2D eigenvalue weighted by molar-refractivity contribution is 4.40. The fourth-order valence-corrected chi connectivity index (χ4v) is 1.81. The molecule has 0 aromatic rings. The number of hydrogen-bond donors (Lipinski definition) is 1. The van der Waals surface area contributed by atoms with Crippen LogP contribution in [0.25, 0.3) is 0 Å². The first-order valence-corrected chi connectivity index (χ1v) is 7.07. The van der Waals surface area contributed by atoms with Crippen LogP contribution in [0.15, 0.2) is 0 Å². The van der Waals surface area contributed by atoms with Gasteiger partial charge in [0, 0.05) is 7.11 Å². The van der Waals surface area contributed by atoms with E-state index < -0.39 is 0 Å². The van der Waals surface area contributed by atoms with E-state index in [1.165, 1.54) is 0 Å². The third-order valence-corrected chi connectivity index (χ3v) is 2.98. The molecule has 6 heteroatoms. The third kappa shape index (κ3) is 10.2. The summed E-state index contributed by atoms with van der Waals surface area (Å²) in [5.41, 5.74) is 0. The van der Waals surface area contributed by atoms with Gasteiger partial charge in [-0.2, -0.15) is 0 Å². The first kappa shape index (κ1) is 16.8. The molecule has 0 aliphatic carbocycles. The molecule has 1 N–H and O–H groups in total. The van der Waals surface area contributed by atoms with Crippen LogP contribution in [0.3, 0.4) is 0 Å². The summed E-state index contributed by atoms with van der Waals surface area (Å²) in [6.07, 6.45) is 0. The minimum Gasteiger partial charge on any atom is -0.382 e. The van der Waals surface area contributed by atoms with Crippen molar-refractivity contribution in [3.05, 3.63) is 0 Å². The Morgan fingerprint density at radius 1 is 0.789 bits per heavy atom. The molecule has 1 fully saturated rings. The maximum absolute atomic E-state index is 5.53. The van der Waals surface area contributed by atoms with Crippen LogP contribution in [0, 0.1) is 0 Å². The molecule has 0 aromatic carbocycles. The second kappa shape index (κ2) is 12.8. The number of hydrogen-bond acceptors (Lipinski definition) is 5. The lowest BCUT2D eigenvalue weighted by molar-refractivity contribution is -0.908. The second-order valence-corrected chi connectivity index (χ2v) is 4.44. The van der Waals surface area contributed by atoms with Crippen LogP contribution in [0.2, 0.25) is 0 Å². The number of methoxy groups -OCH3 is 1. The van der Waals surface area contributed by atoms with Gasteiger partial charge in [0.15, 0.2) is 0 Å². The van der Waals surface area contributed by atoms with Crippen molar-refractivity contribution in [2.24, 2.45) is 0 Å². The standard InChI is InChI=1S/C13H27NO5/c1-15-8-9-18-12-13-19-11-10-17-7-4-14-2-5-16-6-3-14/h2-13H2,1H3/p+1. The van der Waals surface area contributed by atoms with Gasteiger partial charge >= 0.3 is 0 Å². The van der Waals surface area contributed by atoms with E-state index in [1.807, 2.05) is 0 Å². The van der Waals surface area contributed by atoms with E-state index in [0.717, 1.165) is 39.5 Å². The van der Waals surface area contributed by atoms with Crippen LogP contribution in [0.5, 0.6) is 0 Å². The Morgan fingerprint density at radius 2 is 1.32 bits per heavy atom. The molecule has 1 rings (SSSR count). The Kier molecular flexibility index (Phi) is 11.3. The molecule has 6 nitrogen and oxygen atoms in total. The smallest absolute Gasteiger partial charge is 0.101 e. The lowest BCUT2D eigenvalue weighted by atomic mass is 10.4. The lowest BCUT2D eigenvalue weighted by Gasteiger charge is -2.23. The van der Waals surface area contributed by atoms with E-state index in [4.69, 9.17) is 23.7 Å². The van der Waals surface area contributed by atoms with Crippen molar-refractivity contribution in [1.29, 1.82) is 0 Å². The topological polar surface area (TPSA) is 50.6 Å². The number of ether oxygens (including phenoxy) is 5. The van der Waals surface area contributed by atoms with Gasteiger partial charge in [-0.1, -0.05) is 0 Å². The average Bonchev–Trinajstić information content (AvgIpc) is 2.46. The normalized spacial score (nSPS) is 16.9. The number of nitrogens with one attached hydrogen (secondary N) is 1. The van der Waals surface area contributed by atoms with E-state index >= 15 is 0 Å². The van der Waals surface area contributed by atoms with Gasteiger partial charge in [-0.3, -0.25) is 0 Å². The van der Waals surface area contributed by atoms with E-state index in [0.29, 0.717) is 39.6 Å². The summed E-state index contributed by atoms with van der Waals surface area (Å²) in [7, 11) is 1.66. The molecular formula is C13H28NO5+. The molecule has 0 aromatic heterocycles. The van der Waals surface area contributed by atoms with Crippen molar-refractivity contribution >= 4 is 0 Å². The van der Waals surface area contributed by atoms with E-state index in [1.54, 1.807) is 12.0 Å². The second-order valence-electron chi connectivity index (χ2n) is 4.44. The molecule has 0 atom stereocenters. The summed E-state index contributed by atoms with van der Waals surface area (Å²) < 4.78 is 26.4. The monoisotopic (exact) mass is 278 g/mol. The summed E-state index contributed by atoms with van der Waals surface area (Å²) in [4.78, 5) is 1.57. The molecule has 1 aliphatic rings. The van der Waals surface area contributed by atoms with Gasteiger partial charge in [-0.05, 0) is 0 Å². The van der Waals surface area contributed by atoms with E-state index in [9.17, 15) is 0 Å². The maximum atomic E-state index is 5.53. The highest BCUT2D eigenvalue weighted by Gasteiger charge is 2.12. The van der Waals surface area contributed by atoms with Gasteiger partial charge in [-0.15, -0.1) is 0 Å². The number of morpholine rings is 1. The molecule has 0 bridgehead atoms. The van der Waals surface area contributed by atoms with Gasteiger partial charge in [0.1, 0.15) is 19.6 Å². The minimum absolute atomic E-state index is 0.612. The van der Waals surface area contributed by atoms with Crippen LogP contribution in [0.4, 0.5) is 0 Å². The summed E-state index contributed by atoms with van der Waals surface area (Å²) in [6.45, 7) is 9.57. The summed E-state index contributed by atoms with van der Waals surface area (Å²) in [5, 5.41) is 0. The van der Waals surface area contributed by atoms with Gasteiger partial charge in [-0.25, -0.2) is 0 Å². The van der Waals surface area contributed by atoms with Gasteiger partial charge < -0.3 is 28.6 Å². The highest BCUT2D eigenvalue weighted by Crippen LogP contribution is 1.81. The van der Waals surface area contributed by atoms with Crippen LogP contribution in [-0.4, -0.2) is 86.2 Å².